The van der Waals surface area contributed by atoms with Crippen molar-refractivity contribution in [3.63, 3.8) is 0 Å². The fourth-order valence-corrected chi connectivity index (χ4v) is 10.4. The monoisotopic (exact) mass is 528 g/mol. The number of aliphatic hydroxyl groups is 1. The van der Waals surface area contributed by atoms with Crippen LogP contribution in [0.15, 0.2) is 23.3 Å². The molecule has 3 saturated carbocycles. The quantitative estimate of drug-likeness (QED) is 0.266. The molecule has 4 heteroatoms. The van der Waals surface area contributed by atoms with Gasteiger partial charge in [0.2, 0.25) is 0 Å². The van der Waals surface area contributed by atoms with Crippen molar-refractivity contribution in [2.45, 2.75) is 149 Å². The molecule has 0 radical (unpaired) electrons. The third-order valence-corrected chi connectivity index (χ3v) is 16.9. The highest BCUT2D eigenvalue weighted by atomic mass is 28.4. The number of allylic oxidation sites excluding steroid dienone is 3. The summed E-state index contributed by atoms with van der Waals surface area (Å²) in [6.07, 6.45) is 15.6. The normalized spacial score (nSPS) is 42.1. The maximum absolute atomic E-state index is 10.2. The van der Waals surface area contributed by atoms with Gasteiger partial charge in [-0.2, -0.15) is 0 Å². The molecule has 1 saturated heterocycles. The maximum Gasteiger partial charge on any atom is 0.192 e. The summed E-state index contributed by atoms with van der Waals surface area (Å²) in [5, 5.41) is 10.4. The van der Waals surface area contributed by atoms with E-state index in [0.717, 1.165) is 37.0 Å². The van der Waals surface area contributed by atoms with Crippen molar-refractivity contribution in [3.05, 3.63) is 23.3 Å². The van der Waals surface area contributed by atoms with Crippen LogP contribution in [0.4, 0.5) is 0 Å². The van der Waals surface area contributed by atoms with E-state index in [2.05, 4.69) is 66.8 Å². The third kappa shape index (κ3) is 4.68. The van der Waals surface area contributed by atoms with Gasteiger partial charge >= 0.3 is 0 Å². The van der Waals surface area contributed by atoms with Crippen LogP contribution in [-0.4, -0.2) is 37.3 Å². The topological polar surface area (TPSA) is 42.0 Å². The zero-order valence-corrected chi connectivity index (χ0v) is 26.6. The Bertz CT molecular complexity index is 952. The van der Waals surface area contributed by atoms with E-state index in [1.165, 1.54) is 32.1 Å². The summed E-state index contributed by atoms with van der Waals surface area (Å²) < 4.78 is 13.5. The summed E-state index contributed by atoms with van der Waals surface area (Å²) in [6, 6.07) is 0. The van der Waals surface area contributed by atoms with Crippen LogP contribution in [0.5, 0.6) is 0 Å². The average Bonchev–Trinajstić information content (AvgIpc) is 3.49. The molecule has 5 aliphatic rings. The lowest BCUT2D eigenvalue weighted by Gasteiger charge is -2.54. The fourth-order valence-electron chi connectivity index (χ4n) is 9.06. The molecule has 4 aliphatic carbocycles. The van der Waals surface area contributed by atoms with E-state index in [9.17, 15) is 5.11 Å². The summed E-state index contributed by atoms with van der Waals surface area (Å²) in [5.74, 6) is 2.90. The predicted octanol–water partition coefficient (Wildman–Crippen LogP) is 8.44. The molecule has 3 nitrogen and oxygen atoms in total. The molecule has 1 aliphatic heterocycles. The fraction of sp³-hybridized carbons (Fsp3) is 0.879. The molecule has 37 heavy (non-hydrogen) atoms. The summed E-state index contributed by atoms with van der Waals surface area (Å²) >= 11 is 0. The zero-order valence-electron chi connectivity index (χ0n) is 25.6. The van der Waals surface area contributed by atoms with Gasteiger partial charge in [-0.1, -0.05) is 77.7 Å². The van der Waals surface area contributed by atoms with E-state index >= 15 is 0 Å². The molecule has 210 valence electrons. The number of ether oxygens (including phenoxy) is 1. The Balaban J connectivity index is 1.33. The molecule has 0 bridgehead atoms. The number of hydrogen-bond acceptors (Lipinski definition) is 3. The average molecular weight is 529 g/mol. The minimum absolute atomic E-state index is 0.153. The number of fused-ring (bicyclic) bond motifs is 7. The predicted molar refractivity (Wildman–Crippen MR) is 156 cm³/mol. The summed E-state index contributed by atoms with van der Waals surface area (Å²) in [6.45, 7) is 23.4. The largest absolute Gasteiger partial charge is 0.411 e. The van der Waals surface area contributed by atoms with E-state index in [1.54, 1.807) is 11.1 Å². The summed E-state index contributed by atoms with van der Waals surface area (Å²) in [5.41, 5.74) is 3.39. The Morgan fingerprint density at radius 3 is 2.43 bits per heavy atom. The Kier molecular flexibility index (Phi) is 6.87. The third-order valence-electron chi connectivity index (χ3n) is 12.4. The molecule has 4 fully saturated rings. The molecule has 1 N–H and O–H groups in total. The van der Waals surface area contributed by atoms with Crippen molar-refractivity contribution in [1.82, 2.24) is 0 Å². The first-order chi connectivity index (χ1) is 17.0. The first kappa shape index (κ1) is 28.1. The van der Waals surface area contributed by atoms with Crippen molar-refractivity contribution >= 4 is 8.32 Å². The van der Waals surface area contributed by atoms with Crippen molar-refractivity contribution < 1.29 is 14.3 Å². The van der Waals surface area contributed by atoms with Crippen LogP contribution in [0.2, 0.25) is 18.1 Å². The van der Waals surface area contributed by atoms with Crippen LogP contribution in [-0.2, 0) is 9.16 Å². The Morgan fingerprint density at radius 2 is 1.78 bits per heavy atom. The van der Waals surface area contributed by atoms with E-state index in [-0.39, 0.29) is 22.7 Å². The highest BCUT2D eigenvalue weighted by molar-refractivity contribution is 6.74. The Morgan fingerprint density at radius 1 is 1.08 bits per heavy atom. The van der Waals surface area contributed by atoms with E-state index in [4.69, 9.17) is 9.16 Å². The Hall–Kier alpha value is -0.423. The SMILES string of the molecule is C[C@H](CCCC(C)(C)O)[C@H]1CC[C@H]2C3=CC=C4C[C@@H](O[Si](C)(C)C(C)(C)C)[C@@H]5O[C@@H]5[C@]4(C)[C@H]3CC[C@]12C. The second-order valence-corrected chi connectivity index (χ2v) is 21.1. The molecular weight excluding hydrogens is 472 g/mol. The van der Waals surface area contributed by atoms with Gasteiger partial charge in [0.15, 0.2) is 8.32 Å². The second kappa shape index (κ2) is 9.04. The van der Waals surface area contributed by atoms with Crippen LogP contribution in [0, 0.1) is 34.5 Å². The highest BCUT2D eigenvalue weighted by Gasteiger charge is 2.67. The van der Waals surface area contributed by atoms with Gasteiger partial charge in [0.25, 0.3) is 0 Å². The maximum atomic E-state index is 10.2. The van der Waals surface area contributed by atoms with Crippen LogP contribution in [0.1, 0.15) is 107 Å². The van der Waals surface area contributed by atoms with Gasteiger partial charge in [-0.05, 0) is 99.6 Å². The summed E-state index contributed by atoms with van der Waals surface area (Å²) in [7, 11) is -1.83. The van der Waals surface area contributed by atoms with Crippen molar-refractivity contribution in [1.29, 1.82) is 0 Å². The molecule has 0 aromatic carbocycles. The standard InChI is InChI=1S/C33H56O3Si/c1-21(12-11-18-31(5,6)34)24-15-16-25-23-14-13-22-20-27(36-37(9,10)30(2,3)4)28-29(35-28)33(22,8)26(23)17-19-32(24,25)7/h13-14,21,24-29,34H,11-12,15-20H2,1-10H3/t21-,24-,25+,26+,27-,28+,29+,32-,33+/m1/s1. The van der Waals surface area contributed by atoms with Crippen LogP contribution < -0.4 is 0 Å². The van der Waals surface area contributed by atoms with Crippen molar-refractivity contribution in [2.24, 2.45) is 34.5 Å². The molecule has 9 atom stereocenters. The molecule has 0 aromatic rings. The molecule has 0 spiro atoms. The van der Waals surface area contributed by atoms with Gasteiger partial charge in [0.1, 0.15) is 6.10 Å². The minimum Gasteiger partial charge on any atom is -0.411 e. The highest BCUT2D eigenvalue weighted by Crippen LogP contribution is 2.68. The first-order valence-corrected chi connectivity index (χ1v) is 18.4. The number of rotatable bonds is 7. The van der Waals surface area contributed by atoms with Gasteiger partial charge in [-0.3, -0.25) is 0 Å². The van der Waals surface area contributed by atoms with Crippen LogP contribution in [0.3, 0.4) is 0 Å². The van der Waals surface area contributed by atoms with Gasteiger partial charge in [-0.15, -0.1) is 0 Å². The van der Waals surface area contributed by atoms with Crippen LogP contribution >= 0.6 is 0 Å². The lowest BCUT2D eigenvalue weighted by Crippen LogP contribution is -2.52. The van der Waals surface area contributed by atoms with Gasteiger partial charge in [-0.25, -0.2) is 0 Å². The van der Waals surface area contributed by atoms with Crippen molar-refractivity contribution in [2.75, 3.05) is 0 Å². The van der Waals surface area contributed by atoms with Crippen molar-refractivity contribution in [3.8, 4) is 0 Å². The number of epoxide rings is 1. The molecular formula is C33H56O3Si. The first-order valence-electron chi connectivity index (χ1n) is 15.5. The van der Waals surface area contributed by atoms with Gasteiger partial charge in [0, 0.05) is 5.41 Å². The molecule has 0 amide bonds. The van der Waals surface area contributed by atoms with E-state index in [0.29, 0.717) is 17.4 Å². The van der Waals surface area contributed by atoms with Gasteiger partial charge in [0.05, 0.1) is 17.8 Å². The Labute approximate surface area is 229 Å². The van der Waals surface area contributed by atoms with Crippen LogP contribution in [0.25, 0.3) is 0 Å². The smallest absolute Gasteiger partial charge is 0.192 e. The van der Waals surface area contributed by atoms with E-state index in [1.807, 2.05) is 13.8 Å². The number of hydrogen-bond donors (Lipinski definition) is 1. The van der Waals surface area contributed by atoms with E-state index < -0.39 is 13.9 Å². The molecule has 0 unspecified atom stereocenters. The molecule has 0 aromatic heterocycles. The molecule has 5 rings (SSSR count). The minimum atomic E-state index is -1.83. The van der Waals surface area contributed by atoms with Gasteiger partial charge < -0.3 is 14.3 Å². The molecule has 1 heterocycles. The lowest BCUT2D eigenvalue weighted by molar-refractivity contribution is 0.0372. The second-order valence-electron chi connectivity index (χ2n) is 16.3. The summed E-state index contributed by atoms with van der Waals surface area (Å²) in [4.78, 5) is 0. The zero-order chi connectivity index (χ0) is 27.2. The lowest BCUT2D eigenvalue weighted by atomic mass is 9.50.